The van der Waals surface area contributed by atoms with Crippen LogP contribution in [0.15, 0.2) is 53.6 Å². The average Bonchev–Trinajstić information content (AvgIpc) is 2.70. The van der Waals surface area contributed by atoms with Crippen molar-refractivity contribution in [3.8, 4) is 11.5 Å². The molecule has 0 bridgehead atoms. The lowest BCUT2D eigenvalue weighted by molar-refractivity contribution is -0.123. The summed E-state index contributed by atoms with van der Waals surface area (Å²) in [7, 11) is 1.62. The highest BCUT2D eigenvalue weighted by atomic mass is 16.5. The number of hydrogen-bond acceptors (Lipinski definition) is 4. The smallest absolute Gasteiger partial charge is 0.277 e. The molecule has 26 heavy (non-hydrogen) atoms. The van der Waals surface area contributed by atoms with E-state index < -0.39 is 0 Å². The molecule has 1 atom stereocenters. The fraction of sp³-hybridized carbons (Fsp3) is 0.333. The zero-order valence-corrected chi connectivity index (χ0v) is 15.8. The number of ether oxygens (including phenoxy) is 2. The molecule has 0 heterocycles. The van der Waals surface area contributed by atoms with Gasteiger partial charge in [0.2, 0.25) is 0 Å². The van der Waals surface area contributed by atoms with Gasteiger partial charge in [-0.1, -0.05) is 32.0 Å². The maximum absolute atomic E-state index is 12.0. The normalized spacial score (nSPS) is 12.4. The first-order chi connectivity index (χ1) is 12.5. The van der Waals surface area contributed by atoms with E-state index in [1.165, 1.54) is 0 Å². The molecule has 138 valence electrons. The second kappa shape index (κ2) is 9.61. The molecule has 0 aromatic heterocycles. The number of methoxy groups -OCH3 is 1. The van der Waals surface area contributed by atoms with Crippen LogP contribution in [0.1, 0.15) is 44.2 Å². The Morgan fingerprint density at radius 3 is 2.50 bits per heavy atom. The van der Waals surface area contributed by atoms with Crippen molar-refractivity contribution in [1.29, 1.82) is 0 Å². The molecule has 0 radical (unpaired) electrons. The van der Waals surface area contributed by atoms with Crippen molar-refractivity contribution < 1.29 is 14.3 Å². The van der Waals surface area contributed by atoms with Crippen LogP contribution < -0.4 is 14.9 Å². The fourth-order valence-electron chi connectivity index (χ4n) is 2.46. The van der Waals surface area contributed by atoms with Crippen LogP contribution in [0.4, 0.5) is 0 Å². The molecule has 0 aliphatic heterocycles. The minimum Gasteiger partial charge on any atom is -0.497 e. The van der Waals surface area contributed by atoms with Gasteiger partial charge in [-0.25, -0.2) is 5.43 Å². The van der Waals surface area contributed by atoms with Gasteiger partial charge in [0.1, 0.15) is 11.5 Å². The Balaban J connectivity index is 1.92. The third kappa shape index (κ3) is 5.34. The van der Waals surface area contributed by atoms with Crippen molar-refractivity contribution in [2.75, 3.05) is 13.7 Å². The molecule has 0 saturated carbocycles. The number of nitrogens with zero attached hydrogens (tertiary/aromatic N) is 1. The van der Waals surface area contributed by atoms with E-state index in [4.69, 9.17) is 9.47 Å². The van der Waals surface area contributed by atoms with Gasteiger partial charge in [0.05, 0.1) is 12.8 Å². The van der Waals surface area contributed by atoms with E-state index in [-0.39, 0.29) is 12.5 Å². The van der Waals surface area contributed by atoms with Gasteiger partial charge in [0.15, 0.2) is 6.61 Å². The monoisotopic (exact) mass is 354 g/mol. The van der Waals surface area contributed by atoms with Gasteiger partial charge in [0.25, 0.3) is 5.91 Å². The third-order valence-electron chi connectivity index (χ3n) is 4.28. The predicted octanol–water partition coefficient (Wildman–Crippen LogP) is 4.13. The molecule has 0 aliphatic carbocycles. The Morgan fingerprint density at radius 2 is 1.85 bits per heavy atom. The molecule has 2 rings (SSSR count). The highest BCUT2D eigenvalue weighted by Crippen LogP contribution is 2.28. The first-order valence-electron chi connectivity index (χ1n) is 8.74. The Kier molecular flexibility index (Phi) is 7.21. The number of rotatable bonds is 8. The molecule has 1 unspecified atom stereocenters. The SMILES string of the molecule is CCC(C)c1ccccc1OCC(=O)NN=C(C)c1ccc(OC)cc1. The molecule has 0 saturated heterocycles. The fourth-order valence-corrected chi connectivity index (χ4v) is 2.46. The van der Waals surface area contributed by atoms with Gasteiger partial charge < -0.3 is 9.47 Å². The molecule has 1 N–H and O–H groups in total. The first-order valence-corrected chi connectivity index (χ1v) is 8.74. The molecule has 5 nitrogen and oxygen atoms in total. The number of para-hydroxylation sites is 1. The molecule has 0 spiro atoms. The molecular formula is C21H26N2O3. The largest absolute Gasteiger partial charge is 0.497 e. The molecule has 2 aromatic carbocycles. The van der Waals surface area contributed by atoms with E-state index in [2.05, 4.69) is 24.4 Å². The molecule has 0 fully saturated rings. The Labute approximate surface area is 155 Å². The molecule has 0 aliphatic rings. The van der Waals surface area contributed by atoms with Crippen molar-refractivity contribution in [3.63, 3.8) is 0 Å². The minimum atomic E-state index is -0.295. The Bertz CT molecular complexity index is 754. The second-order valence-electron chi connectivity index (χ2n) is 6.10. The summed E-state index contributed by atoms with van der Waals surface area (Å²) in [6.45, 7) is 6.03. The second-order valence-corrected chi connectivity index (χ2v) is 6.10. The van der Waals surface area contributed by atoms with Crippen LogP contribution in [-0.4, -0.2) is 25.3 Å². The Morgan fingerprint density at radius 1 is 1.15 bits per heavy atom. The van der Waals surface area contributed by atoms with Gasteiger partial charge in [0, 0.05) is 0 Å². The van der Waals surface area contributed by atoms with Gasteiger partial charge in [-0.3, -0.25) is 4.79 Å². The van der Waals surface area contributed by atoms with E-state index in [0.29, 0.717) is 11.6 Å². The van der Waals surface area contributed by atoms with E-state index in [1.54, 1.807) is 7.11 Å². The number of hydrazone groups is 1. The number of carbonyl (C=O) groups excluding carboxylic acids is 1. The quantitative estimate of drug-likeness (QED) is 0.573. The van der Waals surface area contributed by atoms with Crippen molar-refractivity contribution in [3.05, 3.63) is 59.7 Å². The highest BCUT2D eigenvalue weighted by Gasteiger charge is 2.11. The zero-order valence-electron chi connectivity index (χ0n) is 15.8. The standard InChI is InChI=1S/C21H26N2O3/c1-5-15(2)19-8-6-7-9-20(19)26-14-21(24)23-22-16(3)17-10-12-18(25-4)13-11-17/h6-13,15H,5,14H2,1-4H3,(H,23,24). The summed E-state index contributed by atoms with van der Waals surface area (Å²) in [6.07, 6.45) is 1.01. The van der Waals surface area contributed by atoms with Crippen molar-refractivity contribution >= 4 is 11.6 Å². The van der Waals surface area contributed by atoms with Crippen LogP contribution in [0.2, 0.25) is 0 Å². The van der Waals surface area contributed by atoms with Gasteiger partial charge in [-0.05, 0) is 60.7 Å². The molecule has 2 aromatic rings. The summed E-state index contributed by atoms with van der Waals surface area (Å²) in [6, 6.07) is 15.3. The van der Waals surface area contributed by atoms with Crippen LogP contribution >= 0.6 is 0 Å². The number of carbonyl (C=O) groups is 1. The summed E-state index contributed by atoms with van der Waals surface area (Å²) in [4.78, 5) is 12.0. The molecule has 5 heteroatoms. The van der Waals surface area contributed by atoms with Gasteiger partial charge in [-0.2, -0.15) is 5.10 Å². The van der Waals surface area contributed by atoms with Crippen LogP contribution in [0.25, 0.3) is 0 Å². The van der Waals surface area contributed by atoms with Crippen LogP contribution in [-0.2, 0) is 4.79 Å². The van der Waals surface area contributed by atoms with Crippen LogP contribution in [0.5, 0.6) is 11.5 Å². The van der Waals surface area contributed by atoms with Gasteiger partial charge >= 0.3 is 0 Å². The van der Waals surface area contributed by atoms with Crippen molar-refractivity contribution in [2.24, 2.45) is 5.10 Å². The summed E-state index contributed by atoms with van der Waals surface area (Å²) in [5.74, 6) is 1.60. The van der Waals surface area contributed by atoms with Gasteiger partial charge in [-0.15, -0.1) is 0 Å². The average molecular weight is 354 g/mol. The van der Waals surface area contributed by atoms with Crippen molar-refractivity contribution in [1.82, 2.24) is 5.43 Å². The summed E-state index contributed by atoms with van der Waals surface area (Å²) < 4.78 is 10.8. The molecule has 1 amide bonds. The van der Waals surface area contributed by atoms with E-state index in [9.17, 15) is 4.79 Å². The van der Waals surface area contributed by atoms with Crippen LogP contribution in [0.3, 0.4) is 0 Å². The zero-order chi connectivity index (χ0) is 18.9. The number of nitrogens with one attached hydrogen (secondary N) is 1. The predicted molar refractivity (Wildman–Crippen MR) is 104 cm³/mol. The molecular weight excluding hydrogens is 328 g/mol. The Hall–Kier alpha value is -2.82. The van der Waals surface area contributed by atoms with Crippen LogP contribution in [0, 0.1) is 0 Å². The number of hydrogen-bond donors (Lipinski definition) is 1. The van der Waals surface area contributed by atoms with E-state index in [1.807, 2.05) is 55.5 Å². The first kappa shape index (κ1) is 19.5. The number of amides is 1. The topological polar surface area (TPSA) is 59.9 Å². The minimum absolute atomic E-state index is 0.0765. The lowest BCUT2D eigenvalue weighted by Gasteiger charge is -2.15. The summed E-state index contributed by atoms with van der Waals surface area (Å²) >= 11 is 0. The van der Waals surface area contributed by atoms with E-state index >= 15 is 0 Å². The summed E-state index contributed by atoms with van der Waals surface area (Å²) in [5, 5.41) is 4.13. The summed E-state index contributed by atoms with van der Waals surface area (Å²) in [5.41, 5.74) is 5.27. The number of benzene rings is 2. The maximum atomic E-state index is 12.0. The third-order valence-corrected chi connectivity index (χ3v) is 4.28. The lowest BCUT2D eigenvalue weighted by Crippen LogP contribution is -2.25. The van der Waals surface area contributed by atoms with E-state index in [0.717, 1.165) is 29.0 Å². The highest BCUT2D eigenvalue weighted by molar-refractivity contribution is 5.99. The van der Waals surface area contributed by atoms with Crippen molar-refractivity contribution in [2.45, 2.75) is 33.1 Å². The lowest BCUT2D eigenvalue weighted by atomic mass is 9.98. The maximum Gasteiger partial charge on any atom is 0.277 e.